The van der Waals surface area contributed by atoms with Gasteiger partial charge in [0.25, 0.3) is 0 Å². The van der Waals surface area contributed by atoms with Gasteiger partial charge in [0.05, 0.1) is 44.7 Å². The van der Waals surface area contributed by atoms with Gasteiger partial charge in [-0.3, -0.25) is 0 Å². The molecule has 41 heavy (non-hydrogen) atoms. The SMILES string of the molecule is CCC1O[C@@H](C)C2NC(=O)O[C@H]2[C@H]1O[C@@H]1OC(C(=O)OC)[C@H](C)[C@H](OCc2ccccc2)C1OCc1ccccc1. The van der Waals surface area contributed by atoms with E-state index in [1.165, 1.54) is 7.11 Å². The summed E-state index contributed by atoms with van der Waals surface area (Å²) in [7, 11) is 1.32. The van der Waals surface area contributed by atoms with Crippen LogP contribution in [0.4, 0.5) is 4.79 Å². The highest BCUT2D eigenvalue weighted by atomic mass is 16.7. The second-order valence-electron chi connectivity index (χ2n) is 10.8. The minimum atomic E-state index is -1.05. The zero-order valence-electron chi connectivity index (χ0n) is 23.8. The van der Waals surface area contributed by atoms with E-state index in [4.69, 9.17) is 33.2 Å². The first-order valence-electron chi connectivity index (χ1n) is 14.2. The van der Waals surface area contributed by atoms with Crippen molar-refractivity contribution < 1.29 is 42.7 Å². The van der Waals surface area contributed by atoms with Crippen LogP contribution in [0.5, 0.6) is 0 Å². The van der Waals surface area contributed by atoms with Crippen molar-refractivity contribution in [3.05, 3.63) is 71.8 Å². The quantitative estimate of drug-likeness (QED) is 0.428. The zero-order chi connectivity index (χ0) is 28.9. The number of methoxy groups -OCH3 is 1. The van der Waals surface area contributed by atoms with Gasteiger partial charge in [-0.05, 0) is 24.5 Å². The Bertz CT molecular complexity index is 1150. The van der Waals surface area contributed by atoms with Gasteiger partial charge in [-0.15, -0.1) is 0 Å². The van der Waals surface area contributed by atoms with E-state index in [1.54, 1.807) is 0 Å². The molecule has 2 aromatic rings. The van der Waals surface area contributed by atoms with E-state index in [2.05, 4.69) is 5.32 Å². The number of nitrogens with one attached hydrogen (secondary N) is 1. The topological polar surface area (TPSA) is 111 Å². The van der Waals surface area contributed by atoms with Gasteiger partial charge in [-0.25, -0.2) is 9.59 Å². The number of ether oxygens (including phenoxy) is 7. The van der Waals surface area contributed by atoms with Crippen molar-refractivity contribution in [2.75, 3.05) is 7.11 Å². The Balaban J connectivity index is 1.45. The molecule has 0 aromatic heterocycles. The van der Waals surface area contributed by atoms with Gasteiger partial charge in [0.1, 0.15) is 12.2 Å². The largest absolute Gasteiger partial charge is 0.467 e. The first-order valence-corrected chi connectivity index (χ1v) is 14.2. The zero-order valence-corrected chi connectivity index (χ0v) is 23.8. The summed E-state index contributed by atoms with van der Waals surface area (Å²) in [5.74, 6) is -0.955. The van der Waals surface area contributed by atoms with Crippen LogP contribution in [0.25, 0.3) is 0 Å². The summed E-state index contributed by atoms with van der Waals surface area (Å²) in [6.07, 6.45) is -5.16. The molecule has 222 valence electrons. The highest BCUT2D eigenvalue weighted by molar-refractivity contribution is 5.75. The Morgan fingerprint density at radius 2 is 1.49 bits per heavy atom. The van der Waals surface area contributed by atoms with Gasteiger partial charge in [0, 0.05) is 5.92 Å². The van der Waals surface area contributed by atoms with Crippen molar-refractivity contribution in [3.63, 3.8) is 0 Å². The lowest BCUT2D eigenvalue weighted by atomic mass is 9.89. The Labute approximate surface area is 240 Å². The molecule has 0 aliphatic carbocycles. The number of hydrogen-bond donors (Lipinski definition) is 1. The maximum atomic E-state index is 12.9. The van der Waals surface area contributed by atoms with E-state index in [0.29, 0.717) is 13.0 Å². The summed E-state index contributed by atoms with van der Waals surface area (Å²) >= 11 is 0. The lowest BCUT2D eigenvalue weighted by molar-refractivity contribution is -0.331. The fraction of sp³-hybridized carbons (Fsp3) is 0.548. The summed E-state index contributed by atoms with van der Waals surface area (Å²) in [6.45, 7) is 6.33. The van der Waals surface area contributed by atoms with Gasteiger partial charge < -0.3 is 38.5 Å². The molecule has 10 atom stereocenters. The van der Waals surface area contributed by atoms with Gasteiger partial charge in [0.2, 0.25) is 0 Å². The van der Waals surface area contributed by atoms with E-state index in [-0.39, 0.29) is 24.9 Å². The number of fused-ring (bicyclic) bond motifs is 1. The molecular weight excluding hydrogens is 530 g/mol. The predicted molar refractivity (Wildman–Crippen MR) is 147 cm³/mol. The van der Waals surface area contributed by atoms with Crippen LogP contribution < -0.4 is 5.32 Å². The number of carbonyl (C=O) groups excluding carboxylic acids is 2. The molecule has 0 bridgehead atoms. The van der Waals surface area contributed by atoms with E-state index in [9.17, 15) is 9.59 Å². The minimum absolute atomic E-state index is 0.265. The van der Waals surface area contributed by atoms with Crippen molar-refractivity contribution in [2.24, 2.45) is 5.92 Å². The summed E-state index contributed by atoms with van der Waals surface area (Å²) in [5.41, 5.74) is 1.94. The maximum Gasteiger partial charge on any atom is 0.408 e. The van der Waals surface area contributed by atoms with Crippen molar-refractivity contribution in [1.29, 1.82) is 0 Å². The van der Waals surface area contributed by atoms with Crippen molar-refractivity contribution in [2.45, 2.75) is 95.5 Å². The number of amides is 1. The Morgan fingerprint density at radius 3 is 2.07 bits per heavy atom. The summed E-state index contributed by atoms with van der Waals surface area (Å²) in [5, 5.41) is 2.83. The number of benzene rings is 2. The Kier molecular flexibility index (Phi) is 9.57. The molecule has 10 nitrogen and oxygen atoms in total. The van der Waals surface area contributed by atoms with Crippen molar-refractivity contribution in [3.8, 4) is 0 Å². The van der Waals surface area contributed by atoms with Gasteiger partial charge in [-0.2, -0.15) is 0 Å². The smallest absolute Gasteiger partial charge is 0.408 e. The number of hydrogen-bond acceptors (Lipinski definition) is 9. The molecule has 0 radical (unpaired) electrons. The van der Waals surface area contributed by atoms with Crippen LogP contribution in [-0.4, -0.2) is 74.2 Å². The van der Waals surface area contributed by atoms with E-state index < -0.39 is 54.8 Å². The molecule has 1 amide bonds. The van der Waals surface area contributed by atoms with E-state index in [0.717, 1.165) is 11.1 Å². The molecular formula is C31H39NO9. The van der Waals surface area contributed by atoms with E-state index in [1.807, 2.05) is 81.4 Å². The molecule has 2 aromatic carbocycles. The number of alkyl carbamates (subject to hydrolysis) is 1. The van der Waals surface area contributed by atoms with Gasteiger partial charge in [0.15, 0.2) is 18.5 Å². The minimum Gasteiger partial charge on any atom is -0.467 e. The normalized spacial score (nSPS) is 34.8. The van der Waals surface area contributed by atoms with Crippen LogP contribution >= 0.6 is 0 Å². The molecule has 3 fully saturated rings. The van der Waals surface area contributed by atoms with Crippen molar-refractivity contribution >= 4 is 12.1 Å². The molecule has 3 aliphatic rings. The van der Waals surface area contributed by atoms with Crippen LogP contribution in [0.1, 0.15) is 38.3 Å². The van der Waals surface area contributed by atoms with Crippen LogP contribution in [0.3, 0.4) is 0 Å². The second-order valence-corrected chi connectivity index (χ2v) is 10.8. The lowest BCUT2D eigenvalue weighted by Crippen LogP contribution is -2.63. The Morgan fingerprint density at radius 1 is 0.878 bits per heavy atom. The second kappa shape index (κ2) is 13.3. The molecule has 4 unspecified atom stereocenters. The third kappa shape index (κ3) is 6.57. The highest BCUT2D eigenvalue weighted by Gasteiger charge is 2.55. The molecule has 5 rings (SSSR count). The third-order valence-electron chi connectivity index (χ3n) is 8.03. The fourth-order valence-electron chi connectivity index (χ4n) is 5.82. The fourth-order valence-corrected chi connectivity index (χ4v) is 5.82. The van der Waals surface area contributed by atoms with Gasteiger partial charge in [-0.1, -0.05) is 74.5 Å². The average molecular weight is 570 g/mol. The first kappa shape index (κ1) is 29.5. The molecule has 0 spiro atoms. The monoisotopic (exact) mass is 569 g/mol. The lowest BCUT2D eigenvalue weighted by Gasteiger charge is -2.47. The summed E-state index contributed by atoms with van der Waals surface area (Å²) in [4.78, 5) is 25.1. The molecule has 3 saturated heterocycles. The van der Waals surface area contributed by atoms with Crippen LogP contribution in [0.2, 0.25) is 0 Å². The third-order valence-corrected chi connectivity index (χ3v) is 8.03. The summed E-state index contributed by atoms with van der Waals surface area (Å²) in [6, 6.07) is 19.2. The highest BCUT2D eigenvalue weighted by Crippen LogP contribution is 2.37. The number of carbonyl (C=O) groups is 2. The van der Waals surface area contributed by atoms with Crippen LogP contribution in [-0.2, 0) is 51.2 Å². The molecule has 10 heteroatoms. The number of rotatable bonds is 10. The predicted octanol–water partition coefficient (Wildman–Crippen LogP) is 3.75. The van der Waals surface area contributed by atoms with Crippen molar-refractivity contribution in [1.82, 2.24) is 5.32 Å². The number of esters is 1. The average Bonchev–Trinajstić information content (AvgIpc) is 3.40. The molecule has 3 aliphatic heterocycles. The summed E-state index contributed by atoms with van der Waals surface area (Å²) < 4.78 is 42.9. The van der Waals surface area contributed by atoms with Gasteiger partial charge >= 0.3 is 12.1 Å². The molecule has 3 heterocycles. The standard InChI is InChI=1S/C31H39NO9/c1-5-22-26(27-23(19(3)38-22)32-31(34)41-27)40-30-28(37-17-21-14-10-7-11-15-21)24(18(2)25(39-30)29(33)35-4)36-16-20-12-8-6-9-13-20/h6-15,18-19,22-28,30H,5,16-17H2,1-4H3,(H,32,34)/t18-,19+,22?,23?,24+,25?,26+,27-,28?,30+/m1/s1. The van der Waals surface area contributed by atoms with E-state index >= 15 is 0 Å². The first-order chi connectivity index (χ1) is 19.9. The maximum absolute atomic E-state index is 12.9. The molecule has 1 N–H and O–H groups in total. The van der Waals surface area contributed by atoms with Crippen LogP contribution in [0, 0.1) is 5.92 Å². The molecule has 0 saturated carbocycles. The van der Waals surface area contributed by atoms with Crippen LogP contribution in [0.15, 0.2) is 60.7 Å². The Hall–Kier alpha value is -3.02.